The van der Waals surface area contributed by atoms with Gasteiger partial charge >= 0.3 is 0 Å². The standard InChI is InChI=1S/C25H26N2O5/c28-24(26-14-18-10-11-21-22(13-18)31-16-30-21)15-27-19-8-4-5-9-20(19)32-23(25(27)29)12-17-6-2-1-3-7-17/h1-3,6-7,10-13,19-20H,4-5,8-9,14-16H2,(H,26,28)/b23-12+. The number of ether oxygens (including phenoxy) is 3. The summed E-state index contributed by atoms with van der Waals surface area (Å²) >= 11 is 0. The van der Waals surface area contributed by atoms with Gasteiger partial charge in [0.2, 0.25) is 12.7 Å². The minimum Gasteiger partial charge on any atom is -0.482 e. The van der Waals surface area contributed by atoms with Crippen LogP contribution < -0.4 is 14.8 Å². The predicted octanol–water partition coefficient (Wildman–Crippen LogP) is 3.24. The van der Waals surface area contributed by atoms with Gasteiger partial charge in [0, 0.05) is 6.54 Å². The first-order chi connectivity index (χ1) is 15.7. The van der Waals surface area contributed by atoms with E-state index in [1.807, 2.05) is 48.5 Å². The second-order valence-corrected chi connectivity index (χ2v) is 8.32. The number of benzene rings is 2. The van der Waals surface area contributed by atoms with Crippen molar-refractivity contribution >= 4 is 17.9 Å². The molecule has 2 aliphatic heterocycles. The van der Waals surface area contributed by atoms with Crippen LogP contribution in [0.1, 0.15) is 36.8 Å². The molecule has 166 valence electrons. The predicted molar refractivity (Wildman–Crippen MR) is 118 cm³/mol. The maximum atomic E-state index is 13.2. The molecule has 1 saturated heterocycles. The normalized spacial score (nSPS) is 22.9. The van der Waals surface area contributed by atoms with E-state index in [4.69, 9.17) is 14.2 Å². The van der Waals surface area contributed by atoms with Crippen LogP contribution in [0.15, 0.2) is 54.3 Å². The topological polar surface area (TPSA) is 77.1 Å². The molecule has 1 saturated carbocycles. The van der Waals surface area contributed by atoms with Crippen LogP contribution in [-0.2, 0) is 20.9 Å². The summed E-state index contributed by atoms with van der Waals surface area (Å²) in [5, 5.41) is 2.93. The quantitative estimate of drug-likeness (QED) is 0.731. The molecular weight excluding hydrogens is 408 g/mol. The third-order valence-corrected chi connectivity index (χ3v) is 6.16. The number of fused-ring (bicyclic) bond motifs is 2. The van der Waals surface area contributed by atoms with E-state index in [1.165, 1.54) is 0 Å². The number of carbonyl (C=O) groups is 2. The van der Waals surface area contributed by atoms with Crippen LogP contribution in [0, 0.1) is 0 Å². The fourth-order valence-corrected chi connectivity index (χ4v) is 4.52. The van der Waals surface area contributed by atoms with E-state index in [0.29, 0.717) is 23.8 Å². The van der Waals surface area contributed by atoms with Crippen molar-refractivity contribution in [1.82, 2.24) is 10.2 Å². The van der Waals surface area contributed by atoms with Crippen molar-refractivity contribution in [3.8, 4) is 11.5 Å². The van der Waals surface area contributed by atoms with Gasteiger partial charge in [-0.15, -0.1) is 0 Å². The van der Waals surface area contributed by atoms with Crippen molar-refractivity contribution in [3.05, 3.63) is 65.4 Å². The van der Waals surface area contributed by atoms with E-state index in [2.05, 4.69) is 5.32 Å². The summed E-state index contributed by atoms with van der Waals surface area (Å²) in [6.45, 7) is 0.584. The maximum absolute atomic E-state index is 13.2. The van der Waals surface area contributed by atoms with Crippen molar-refractivity contribution in [2.75, 3.05) is 13.3 Å². The highest BCUT2D eigenvalue weighted by molar-refractivity contribution is 5.98. The summed E-state index contributed by atoms with van der Waals surface area (Å²) in [6.07, 6.45) is 5.54. The molecule has 2 unspecified atom stereocenters. The molecule has 2 heterocycles. The molecule has 2 amide bonds. The molecule has 1 N–H and O–H groups in total. The summed E-state index contributed by atoms with van der Waals surface area (Å²) < 4.78 is 16.8. The average molecular weight is 434 g/mol. The van der Waals surface area contributed by atoms with Gasteiger partial charge in [0.15, 0.2) is 17.3 Å². The Balaban J connectivity index is 1.28. The van der Waals surface area contributed by atoms with Gasteiger partial charge in [-0.2, -0.15) is 0 Å². The largest absolute Gasteiger partial charge is 0.482 e. The lowest BCUT2D eigenvalue weighted by Crippen LogP contribution is -2.57. The fraction of sp³-hybridized carbons (Fsp3) is 0.360. The molecule has 1 aliphatic carbocycles. The Hall–Kier alpha value is -3.48. The number of rotatable bonds is 5. The first-order valence-corrected chi connectivity index (χ1v) is 11.1. The summed E-state index contributed by atoms with van der Waals surface area (Å²) in [5.41, 5.74) is 1.81. The van der Waals surface area contributed by atoms with E-state index < -0.39 is 0 Å². The van der Waals surface area contributed by atoms with Crippen molar-refractivity contribution < 1.29 is 23.8 Å². The molecule has 2 aromatic carbocycles. The molecule has 0 radical (unpaired) electrons. The van der Waals surface area contributed by atoms with E-state index in [1.54, 1.807) is 11.0 Å². The third-order valence-electron chi connectivity index (χ3n) is 6.16. The summed E-state index contributed by atoms with van der Waals surface area (Å²) in [4.78, 5) is 27.7. The van der Waals surface area contributed by atoms with E-state index in [-0.39, 0.29) is 37.3 Å². The number of nitrogens with zero attached hydrogens (tertiary/aromatic N) is 1. The van der Waals surface area contributed by atoms with Crippen molar-refractivity contribution in [2.45, 2.75) is 44.4 Å². The zero-order chi connectivity index (χ0) is 21.9. The van der Waals surface area contributed by atoms with Gasteiger partial charge in [0.05, 0.1) is 6.04 Å². The van der Waals surface area contributed by atoms with Gasteiger partial charge in [-0.3, -0.25) is 9.59 Å². The fourth-order valence-electron chi connectivity index (χ4n) is 4.52. The van der Waals surface area contributed by atoms with Crippen LogP contribution in [0.5, 0.6) is 11.5 Å². The van der Waals surface area contributed by atoms with Crippen LogP contribution in [0.2, 0.25) is 0 Å². The van der Waals surface area contributed by atoms with Crippen molar-refractivity contribution in [3.63, 3.8) is 0 Å². The maximum Gasteiger partial charge on any atom is 0.289 e. The SMILES string of the molecule is O=C(CN1C(=O)/C(=C\c2ccccc2)OC2CCCCC21)NCc1ccc2c(c1)OCO2. The molecule has 5 rings (SSSR count). The molecule has 7 heteroatoms. The highest BCUT2D eigenvalue weighted by Gasteiger charge is 2.42. The number of morpholine rings is 1. The van der Waals surface area contributed by atoms with Crippen LogP contribution in [0.3, 0.4) is 0 Å². The molecule has 0 aromatic heterocycles. The lowest BCUT2D eigenvalue weighted by atomic mass is 9.89. The molecule has 3 aliphatic rings. The lowest BCUT2D eigenvalue weighted by Gasteiger charge is -2.44. The highest BCUT2D eigenvalue weighted by atomic mass is 16.7. The Morgan fingerprint density at radius 3 is 2.75 bits per heavy atom. The van der Waals surface area contributed by atoms with Gasteiger partial charge in [0.1, 0.15) is 12.6 Å². The van der Waals surface area contributed by atoms with Crippen LogP contribution in [-0.4, -0.2) is 42.2 Å². The first-order valence-electron chi connectivity index (χ1n) is 11.1. The third kappa shape index (κ3) is 4.28. The zero-order valence-corrected chi connectivity index (χ0v) is 17.8. The molecule has 2 atom stereocenters. The molecule has 0 bridgehead atoms. The van der Waals surface area contributed by atoms with E-state index in [9.17, 15) is 9.59 Å². The molecule has 2 fully saturated rings. The minimum absolute atomic E-state index is 0.0139. The van der Waals surface area contributed by atoms with Crippen LogP contribution in [0.4, 0.5) is 0 Å². The van der Waals surface area contributed by atoms with Crippen LogP contribution in [0.25, 0.3) is 6.08 Å². The van der Waals surface area contributed by atoms with Gasteiger partial charge in [0.25, 0.3) is 5.91 Å². The number of hydrogen-bond acceptors (Lipinski definition) is 5. The van der Waals surface area contributed by atoms with Gasteiger partial charge in [-0.05, 0) is 48.6 Å². The number of nitrogens with one attached hydrogen (secondary N) is 1. The zero-order valence-electron chi connectivity index (χ0n) is 17.8. The van der Waals surface area contributed by atoms with Gasteiger partial charge < -0.3 is 24.4 Å². The lowest BCUT2D eigenvalue weighted by molar-refractivity contribution is -0.151. The Labute approximate surface area is 186 Å². The van der Waals surface area contributed by atoms with Crippen molar-refractivity contribution in [1.29, 1.82) is 0 Å². The van der Waals surface area contributed by atoms with E-state index >= 15 is 0 Å². The molecule has 7 nitrogen and oxygen atoms in total. The Morgan fingerprint density at radius 2 is 1.88 bits per heavy atom. The van der Waals surface area contributed by atoms with Crippen LogP contribution >= 0.6 is 0 Å². The smallest absolute Gasteiger partial charge is 0.289 e. The minimum atomic E-state index is -0.227. The molecule has 32 heavy (non-hydrogen) atoms. The van der Waals surface area contributed by atoms with Crippen molar-refractivity contribution in [2.24, 2.45) is 0 Å². The second-order valence-electron chi connectivity index (χ2n) is 8.32. The van der Waals surface area contributed by atoms with Gasteiger partial charge in [-0.25, -0.2) is 0 Å². The number of hydrogen-bond donors (Lipinski definition) is 1. The number of amides is 2. The summed E-state index contributed by atoms with van der Waals surface area (Å²) in [7, 11) is 0. The second kappa shape index (κ2) is 8.94. The Bertz CT molecular complexity index is 1040. The number of carbonyl (C=O) groups excluding carboxylic acids is 2. The average Bonchev–Trinajstić information content (AvgIpc) is 3.29. The Morgan fingerprint density at radius 1 is 1.06 bits per heavy atom. The molecule has 0 spiro atoms. The first kappa shape index (κ1) is 20.4. The van der Waals surface area contributed by atoms with Gasteiger partial charge in [-0.1, -0.05) is 42.8 Å². The van der Waals surface area contributed by atoms with E-state index in [0.717, 1.165) is 36.8 Å². The highest BCUT2D eigenvalue weighted by Crippen LogP contribution is 2.34. The molecule has 2 aromatic rings. The summed E-state index contributed by atoms with van der Waals surface area (Å²) in [5.74, 6) is 1.28. The molecular formula is C25H26N2O5. The Kier molecular flexibility index (Phi) is 5.71. The summed E-state index contributed by atoms with van der Waals surface area (Å²) in [6, 6.07) is 15.2. The monoisotopic (exact) mass is 434 g/mol.